The van der Waals surface area contributed by atoms with Crippen molar-refractivity contribution in [3.63, 3.8) is 0 Å². The van der Waals surface area contributed by atoms with Crippen molar-refractivity contribution >= 4 is 45.0 Å². The molecule has 1 saturated heterocycles. The van der Waals surface area contributed by atoms with Crippen LogP contribution in [0.3, 0.4) is 0 Å². The lowest BCUT2D eigenvalue weighted by Gasteiger charge is -2.17. The van der Waals surface area contributed by atoms with E-state index in [1.165, 1.54) is 17.3 Å². The molecule has 1 amide bonds. The summed E-state index contributed by atoms with van der Waals surface area (Å²) < 4.78 is 1.02. The van der Waals surface area contributed by atoms with Crippen molar-refractivity contribution < 1.29 is 4.79 Å². The van der Waals surface area contributed by atoms with E-state index >= 15 is 0 Å². The largest absolute Gasteiger partial charge is 0.284 e. The Kier molecular flexibility index (Phi) is 7.45. The van der Waals surface area contributed by atoms with Crippen molar-refractivity contribution in [1.29, 1.82) is 0 Å². The molecule has 0 radical (unpaired) electrons. The first kappa shape index (κ1) is 20.8. The molecule has 2 aromatic rings. The molecule has 1 fully saturated rings. The highest BCUT2D eigenvalue weighted by atomic mass is 79.9. The van der Waals surface area contributed by atoms with Gasteiger partial charge in [-0.1, -0.05) is 83.9 Å². The summed E-state index contributed by atoms with van der Waals surface area (Å²) in [5.74, 6) is 0.138. The van der Waals surface area contributed by atoms with Crippen LogP contribution in [0.1, 0.15) is 42.9 Å². The van der Waals surface area contributed by atoms with Crippen molar-refractivity contribution in [1.82, 2.24) is 4.90 Å². The number of amides is 1. The molecule has 0 saturated carbocycles. The van der Waals surface area contributed by atoms with E-state index in [1.807, 2.05) is 36.4 Å². The monoisotopic (exact) mass is 457 g/mol. The molecular weight excluding hydrogens is 434 g/mol. The van der Waals surface area contributed by atoms with E-state index in [2.05, 4.69) is 52.1 Å². The summed E-state index contributed by atoms with van der Waals surface area (Å²) in [6, 6.07) is 16.0. The standard InChI is InChI=1S/C22H24BrN3OS/c1-3-4-9-20-21(27)26(15-18-8-6-5-7-16(18)2)22(28-20)25-24-14-17-10-12-19(23)13-11-17/h5-8,10-14,20H,3-4,9,15H2,1-2H3. The summed E-state index contributed by atoms with van der Waals surface area (Å²) in [4.78, 5) is 14.8. The molecule has 6 heteroatoms. The third-order valence-electron chi connectivity index (χ3n) is 4.65. The van der Waals surface area contributed by atoms with Crippen LogP contribution in [0.25, 0.3) is 0 Å². The number of hydrogen-bond donors (Lipinski definition) is 0. The van der Waals surface area contributed by atoms with Gasteiger partial charge in [0.2, 0.25) is 5.91 Å². The topological polar surface area (TPSA) is 45.0 Å². The molecule has 3 rings (SSSR count). The van der Waals surface area contributed by atoms with Gasteiger partial charge in [0.05, 0.1) is 18.0 Å². The van der Waals surface area contributed by atoms with Crippen LogP contribution in [-0.4, -0.2) is 27.4 Å². The highest BCUT2D eigenvalue weighted by molar-refractivity contribution is 9.10. The number of aryl methyl sites for hydroxylation is 1. The molecule has 0 N–H and O–H groups in total. The molecule has 4 nitrogen and oxygen atoms in total. The number of carbonyl (C=O) groups is 1. The Bertz CT molecular complexity index is 880. The third kappa shape index (κ3) is 5.32. The van der Waals surface area contributed by atoms with Crippen LogP contribution >= 0.6 is 27.7 Å². The Hall–Kier alpha value is -1.92. The average Bonchev–Trinajstić information content (AvgIpc) is 2.98. The predicted molar refractivity (Wildman–Crippen MR) is 122 cm³/mol. The SMILES string of the molecule is CCCCC1SC(=NN=Cc2ccc(Br)cc2)N(Cc2ccccc2C)C1=O. The lowest BCUT2D eigenvalue weighted by molar-refractivity contribution is -0.126. The lowest BCUT2D eigenvalue weighted by Crippen LogP contribution is -2.31. The zero-order chi connectivity index (χ0) is 19.9. The molecule has 146 valence electrons. The van der Waals surface area contributed by atoms with Gasteiger partial charge in [-0.3, -0.25) is 9.69 Å². The number of halogens is 1. The van der Waals surface area contributed by atoms with Crippen molar-refractivity contribution in [3.8, 4) is 0 Å². The van der Waals surface area contributed by atoms with Crippen LogP contribution < -0.4 is 0 Å². The fourth-order valence-corrected chi connectivity index (χ4v) is 4.36. The number of amidine groups is 1. The molecule has 1 unspecified atom stereocenters. The van der Waals surface area contributed by atoms with Crippen LogP contribution in [-0.2, 0) is 11.3 Å². The van der Waals surface area contributed by atoms with Crippen LogP contribution in [0.2, 0.25) is 0 Å². The molecule has 1 aliphatic rings. The minimum atomic E-state index is -0.0643. The Labute approximate surface area is 179 Å². The van der Waals surface area contributed by atoms with Gasteiger partial charge in [0, 0.05) is 4.47 Å². The first-order chi connectivity index (χ1) is 13.6. The van der Waals surface area contributed by atoms with Crippen molar-refractivity contribution in [2.75, 3.05) is 0 Å². The maximum Gasteiger partial charge on any atom is 0.242 e. The summed E-state index contributed by atoms with van der Waals surface area (Å²) >= 11 is 4.96. The zero-order valence-corrected chi connectivity index (χ0v) is 18.5. The Balaban J connectivity index is 1.81. The minimum absolute atomic E-state index is 0.0643. The molecule has 1 heterocycles. The number of carbonyl (C=O) groups excluding carboxylic acids is 1. The van der Waals surface area contributed by atoms with Gasteiger partial charge in [-0.2, -0.15) is 5.10 Å². The summed E-state index contributed by atoms with van der Waals surface area (Å²) in [6.07, 6.45) is 4.71. The second-order valence-electron chi connectivity index (χ2n) is 6.78. The van der Waals surface area contributed by atoms with E-state index in [9.17, 15) is 4.79 Å². The number of rotatable bonds is 7. The Morgan fingerprint density at radius 2 is 1.93 bits per heavy atom. The summed E-state index contributed by atoms with van der Waals surface area (Å²) in [5.41, 5.74) is 3.28. The number of benzene rings is 2. The second kappa shape index (κ2) is 10.0. The molecule has 0 spiro atoms. The quantitative estimate of drug-likeness (QED) is 0.390. The maximum absolute atomic E-state index is 13.0. The molecule has 1 atom stereocenters. The van der Waals surface area contributed by atoms with E-state index in [0.29, 0.717) is 11.7 Å². The first-order valence-electron chi connectivity index (χ1n) is 9.47. The van der Waals surface area contributed by atoms with Crippen LogP contribution in [0, 0.1) is 6.92 Å². The van der Waals surface area contributed by atoms with Crippen LogP contribution in [0.15, 0.2) is 63.2 Å². The number of nitrogens with zero attached hydrogens (tertiary/aromatic N) is 3. The number of hydrogen-bond acceptors (Lipinski definition) is 4. The van der Waals surface area contributed by atoms with Gasteiger partial charge < -0.3 is 0 Å². The Morgan fingerprint density at radius 1 is 1.18 bits per heavy atom. The van der Waals surface area contributed by atoms with Gasteiger partial charge >= 0.3 is 0 Å². The van der Waals surface area contributed by atoms with E-state index < -0.39 is 0 Å². The third-order valence-corrected chi connectivity index (χ3v) is 6.41. The summed E-state index contributed by atoms with van der Waals surface area (Å²) in [5, 5.41) is 9.27. The molecule has 2 aromatic carbocycles. The van der Waals surface area contributed by atoms with Gasteiger partial charge in [-0.15, -0.1) is 5.10 Å². The van der Waals surface area contributed by atoms with Crippen molar-refractivity contribution in [2.45, 2.75) is 44.9 Å². The molecule has 28 heavy (non-hydrogen) atoms. The second-order valence-corrected chi connectivity index (χ2v) is 8.86. The van der Waals surface area contributed by atoms with Gasteiger partial charge in [0.1, 0.15) is 0 Å². The van der Waals surface area contributed by atoms with E-state index in [-0.39, 0.29) is 11.2 Å². The smallest absolute Gasteiger partial charge is 0.242 e. The molecule has 0 bridgehead atoms. The van der Waals surface area contributed by atoms with Crippen LogP contribution in [0.5, 0.6) is 0 Å². The molecule has 0 aliphatic carbocycles. The molecule has 1 aliphatic heterocycles. The Morgan fingerprint density at radius 3 is 2.64 bits per heavy atom. The summed E-state index contributed by atoms with van der Waals surface area (Å²) in [7, 11) is 0. The average molecular weight is 458 g/mol. The molecule has 0 aromatic heterocycles. The first-order valence-corrected chi connectivity index (χ1v) is 11.1. The highest BCUT2D eigenvalue weighted by Gasteiger charge is 2.37. The predicted octanol–water partition coefficient (Wildman–Crippen LogP) is 5.78. The fourth-order valence-electron chi connectivity index (χ4n) is 2.96. The van der Waals surface area contributed by atoms with Gasteiger partial charge in [-0.05, 0) is 42.2 Å². The van der Waals surface area contributed by atoms with Crippen molar-refractivity contribution in [3.05, 3.63) is 69.7 Å². The zero-order valence-electron chi connectivity index (χ0n) is 16.1. The van der Waals surface area contributed by atoms with E-state index in [1.54, 1.807) is 11.1 Å². The normalized spacial score (nSPS) is 18.5. The summed E-state index contributed by atoms with van der Waals surface area (Å²) in [6.45, 7) is 4.75. The molecular formula is C22H24BrN3OS. The fraction of sp³-hybridized carbons (Fsp3) is 0.318. The van der Waals surface area contributed by atoms with Crippen LogP contribution in [0.4, 0.5) is 0 Å². The van der Waals surface area contributed by atoms with E-state index in [4.69, 9.17) is 0 Å². The van der Waals surface area contributed by atoms with Gasteiger partial charge in [0.25, 0.3) is 0 Å². The highest BCUT2D eigenvalue weighted by Crippen LogP contribution is 2.32. The number of thioether (sulfide) groups is 1. The van der Waals surface area contributed by atoms with Gasteiger partial charge in [0.15, 0.2) is 5.17 Å². The van der Waals surface area contributed by atoms with Crippen molar-refractivity contribution in [2.24, 2.45) is 10.2 Å². The minimum Gasteiger partial charge on any atom is -0.284 e. The number of unbranched alkanes of at least 4 members (excludes halogenated alkanes) is 1. The van der Waals surface area contributed by atoms with E-state index in [0.717, 1.165) is 34.9 Å². The lowest BCUT2D eigenvalue weighted by atomic mass is 10.1. The van der Waals surface area contributed by atoms with Gasteiger partial charge in [-0.25, -0.2) is 0 Å². The maximum atomic E-state index is 13.0.